The van der Waals surface area contributed by atoms with E-state index in [0.717, 1.165) is 36.2 Å². The minimum absolute atomic E-state index is 0.310. The first-order valence-electron chi connectivity index (χ1n) is 9.33. The predicted molar refractivity (Wildman–Crippen MR) is 105 cm³/mol. The maximum absolute atomic E-state index is 13.3. The number of hydrogen-bond acceptors (Lipinski definition) is 5. The molecule has 0 atom stereocenters. The highest BCUT2D eigenvalue weighted by Crippen LogP contribution is 2.27. The van der Waals surface area contributed by atoms with Gasteiger partial charge in [0.15, 0.2) is 0 Å². The molecule has 3 rings (SSSR count). The van der Waals surface area contributed by atoms with Crippen LogP contribution in [0.4, 0.5) is 16.2 Å². The van der Waals surface area contributed by atoms with Crippen LogP contribution in [0.3, 0.4) is 0 Å². The molecule has 0 saturated carbocycles. The number of rotatable bonds is 9. The van der Waals surface area contributed by atoms with Crippen LogP contribution in [0.25, 0.3) is 11.0 Å². The van der Waals surface area contributed by atoms with Gasteiger partial charge >= 0.3 is 0 Å². The van der Waals surface area contributed by atoms with Gasteiger partial charge < -0.3 is 4.57 Å². The Kier molecular flexibility index (Phi) is 6.54. The molecule has 28 heavy (non-hydrogen) atoms. The average molecular weight is 385 g/mol. The van der Waals surface area contributed by atoms with Crippen molar-refractivity contribution in [3.05, 3.63) is 48.4 Å². The number of imidazole rings is 1. The van der Waals surface area contributed by atoms with Crippen molar-refractivity contribution < 1.29 is 14.4 Å². The van der Waals surface area contributed by atoms with Crippen molar-refractivity contribution in [3.63, 3.8) is 0 Å². The zero-order valence-corrected chi connectivity index (χ0v) is 15.8. The lowest BCUT2D eigenvalue weighted by Crippen LogP contribution is -2.23. The molecule has 0 spiro atoms. The minimum atomic E-state index is -0.379. The third-order valence-electron chi connectivity index (χ3n) is 4.65. The molecule has 2 N–H and O–H groups in total. The van der Waals surface area contributed by atoms with Crippen LogP contribution in [-0.2, 0) is 11.8 Å². The van der Waals surface area contributed by atoms with Crippen LogP contribution in [0, 0.1) is 5.82 Å². The standard InChI is InChI=1S/C20H24FN5O2/c1-25-17-9-6-5-8-16(17)23-20(25)26(18-12-11-15(21)14-22-18)13-7-3-2-4-10-19(27)24-28/h5-6,8-9,11-12,14,28H,2-4,7,10,13H2,1H3,(H,24,27). The highest BCUT2D eigenvalue weighted by atomic mass is 19.1. The van der Waals surface area contributed by atoms with Gasteiger partial charge in [-0.15, -0.1) is 0 Å². The Morgan fingerprint density at radius 1 is 1.18 bits per heavy atom. The van der Waals surface area contributed by atoms with E-state index in [-0.39, 0.29) is 11.7 Å². The van der Waals surface area contributed by atoms with Crippen molar-refractivity contribution in [1.82, 2.24) is 20.0 Å². The molecule has 0 aliphatic carbocycles. The van der Waals surface area contributed by atoms with Crippen LogP contribution < -0.4 is 10.4 Å². The Morgan fingerprint density at radius 3 is 2.68 bits per heavy atom. The number of halogens is 1. The molecule has 1 aromatic carbocycles. The van der Waals surface area contributed by atoms with Crippen LogP contribution in [0.15, 0.2) is 42.6 Å². The second-order valence-corrected chi connectivity index (χ2v) is 6.64. The second-order valence-electron chi connectivity index (χ2n) is 6.64. The first kappa shape index (κ1) is 19.8. The summed E-state index contributed by atoms with van der Waals surface area (Å²) in [5.41, 5.74) is 3.55. The van der Waals surface area contributed by atoms with E-state index in [2.05, 4.69) is 4.98 Å². The van der Waals surface area contributed by atoms with Gasteiger partial charge in [0.2, 0.25) is 11.9 Å². The van der Waals surface area contributed by atoms with E-state index in [1.54, 1.807) is 11.5 Å². The number of aryl methyl sites for hydroxylation is 1. The number of nitrogens with one attached hydrogen (secondary N) is 1. The number of carbonyl (C=O) groups is 1. The van der Waals surface area contributed by atoms with E-state index in [4.69, 9.17) is 10.2 Å². The van der Waals surface area contributed by atoms with Crippen LogP contribution in [0.1, 0.15) is 32.1 Å². The summed E-state index contributed by atoms with van der Waals surface area (Å²) in [6.45, 7) is 0.669. The molecule has 0 aliphatic rings. The minimum Gasteiger partial charge on any atom is -0.313 e. The van der Waals surface area contributed by atoms with Crippen LogP contribution >= 0.6 is 0 Å². The molecule has 148 valence electrons. The molecule has 1 amide bonds. The molecule has 2 heterocycles. The summed E-state index contributed by atoms with van der Waals surface area (Å²) >= 11 is 0. The van der Waals surface area contributed by atoms with E-state index in [0.29, 0.717) is 25.2 Å². The molecule has 0 unspecified atom stereocenters. The molecule has 7 nitrogen and oxygen atoms in total. The maximum Gasteiger partial charge on any atom is 0.243 e. The van der Waals surface area contributed by atoms with E-state index >= 15 is 0 Å². The Morgan fingerprint density at radius 2 is 1.96 bits per heavy atom. The molecule has 0 radical (unpaired) electrons. The largest absolute Gasteiger partial charge is 0.313 e. The lowest BCUT2D eigenvalue weighted by Gasteiger charge is -2.22. The zero-order valence-electron chi connectivity index (χ0n) is 15.8. The summed E-state index contributed by atoms with van der Waals surface area (Å²) in [7, 11) is 1.95. The first-order chi connectivity index (χ1) is 13.6. The lowest BCUT2D eigenvalue weighted by molar-refractivity contribution is -0.129. The van der Waals surface area contributed by atoms with E-state index in [1.807, 2.05) is 40.8 Å². The smallest absolute Gasteiger partial charge is 0.243 e. The number of hydroxylamine groups is 1. The van der Waals surface area contributed by atoms with Gasteiger partial charge in [-0.1, -0.05) is 25.0 Å². The monoisotopic (exact) mass is 385 g/mol. The van der Waals surface area contributed by atoms with Crippen LogP contribution in [-0.4, -0.2) is 32.2 Å². The topological polar surface area (TPSA) is 83.3 Å². The number of amides is 1. The summed E-state index contributed by atoms with van der Waals surface area (Å²) in [5, 5.41) is 8.52. The number of anilines is 2. The number of fused-ring (bicyclic) bond motifs is 1. The normalized spacial score (nSPS) is 11.0. The second kappa shape index (κ2) is 9.27. The van der Waals surface area contributed by atoms with E-state index in [9.17, 15) is 9.18 Å². The highest BCUT2D eigenvalue weighted by Gasteiger charge is 2.17. The number of aromatic nitrogens is 3. The van der Waals surface area contributed by atoms with Gasteiger partial charge in [-0.05, 0) is 37.1 Å². The van der Waals surface area contributed by atoms with Gasteiger partial charge in [0, 0.05) is 20.0 Å². The predicted octanol–water partition coefficient (Wildman–Crippen LogP) is 3.70. The molecular weight excluding hydrogens is 361 g/mol. The fraction of sp³-hybridized carbons (Fsp3) is 0.350. The molecule has 2 aromatic heterocycles. The van der Waals surface area contributed by atoms with Crippen molar-refractivity contribution in [2.75, 3.05) is 11.4 Å². The SMILES string of the molecule is Cn1c(N(CCCCCCC(=O)NO)c2ccc(F)cn2)nc2ccccc21. The lowest BCUT2D eigenvalue weighted by atomic mass is 10.1. The number of pyridine rings is 1. The third kappa shape index (κ3) is 4.64. The summed E-state index contributed by atoms with van der Waals surface area (Å²) in [6.07, 6.45) is 4.89. The van der Waals surface area contributed by atoms with E-state index < -0.39 is 0 Å². The fourth-order valence-corrected chi connectivity index (χ4v) is 3.18. The number of nitrogens with zero attached hydrogens (tertiary/aromatic N) is 4. The summed E-state index contributed by atoms with van der Waals surface area (Å²) in [4.78, 5) is 22.0. The zero-order chi connectivity index (χ0) is 19.9. The van der Waals surface area contributed by atoms with Crippen molar-refractivity contribution in [2.24, 2.45) is 7.05 Å². The number of benzene rings is 1. The van der Waals surface area contributed by atoms with Gasteiger partial charge in [-0.2, -0.15) is 0 Å². The average Bonchev–Trinajstić information content (AvgIpc) is 3.05. The van der Waals surface area contributed by atoms with Gasteiger partial charge in [0.05, 0.1) is 17.2 Å². The van der Waals surface area contributed by atoms with Gasteiger partial charge in [-0.3, -0.25) is 14.9 Å². The molecule has 8 heteroatoms. The molecule has 0 aliphatic heterocycles. The molecular formula is C20H24FN5O2. The van der Waals surface area contributed by atoms with Crippen LogP contribution in [0.2, 0.25) is 0 Å². The maximum atomic E-state index is 13.3. The first-order valence-corrected chi connectivity index (χ1v) is 9.33. The van der Waals surface area contributed by atoms with Gasteiger partial charge in [0.25, 0.3) is 0 Å². The van der Waals surface area contributed by atoms with Crippen LogP contribution in [0.5, 0.6) is 0 Å². The summed E-state index contributed by atoms with van der Waals surface area (Å²) in [5.74, 6) is 0.645. The van der Waals surface area contributed by atoms with Crippen molar-refractivity contribution in [1.29, 1.82) is 0 Å². The molecule has 0 saturated heterocycles. The number of hydrogen-bond donors (Lipinski definition) is 2. The third-order valence-corrected chi connectivity index (χ3v) is 4.65. The van der Waals surface area contributed by atoms with Gasteiger partial charge in [-0.25, -0.2) is 19.8 Å². The Labute approximate surface area is 162 Å². The molecule has 3 aromatic rings. The van der Waals surface area contributed by atoms with E-state index in [1.165, 1.54) is 12.3 Å². The summed E-state index contributed by atoms with van der Waals surface area (Å²) < 4.78 is 15.3. The summed E-state index contributed by atoms with van der Waals surface area (Å²) in [6, 6.07) is 10.9. The Balaban J connectivity index is 1.73. The highest BCUT2D eigenvalue weighted by molar-refractivity contribution is 5.79. The quantitative estimate of drug-likeness (QED) is 0.333. The number of carbonyl (C=O) groups excluding carboxylic acids is 1. The van der Waals surface area contributed by atoms with Crippen molar-refractivity contribution >= 4 is 28.7 Å². The number of para-hydroxylation sites is 2. The number of unbranched alkanes of at least 4 members (excludes halogenated alkanes) is 3. The van der Waals surface area contributed by atoms with Gasteiger partial charge in [0.1, 0.15) is 11.6 Å². The Bertz CT molecular complexity index is 926. The molecule has 0 bridgehead atoms. The van der Waals surface area contributed by atoms with Crippen molar-refractivity contribution in [3.8, 4) is 0 Å². The molecule has 0 fully saturated rings. The van der Waals surface area contributed by atoms with Crippen molar-refractivity contribution in [2.45, 2.75) is 32.1 Å². The Hall–Kier alpha value is -3.00. The fourth-order valence-electron chi connectivity index (χ4n) is 3.18.